The third-order valence-electron chi connectivity index (χ3n) is 3.72. The SMILES string of the molecule is CCCNCc1ccn(-c2ccc3c(c2)CCC3)n1. The fourth-order valence-corrected chi connectivity index (χ4v) is 2.69. The van der Waals surface area contributed by atoms with Crippen LogP contribution in [0.2, 0.25) is 0 Å². The normalized spacial score (nSPS) is 13.7. The second kappa shape index (κ2) is 5.57. The van der Waals surface area contributed by atoms with Crippen molar-refractivity contribution in [1.82, 2.24) is 15.1 Å². The van der Waals surface area contributed by atoms with Crippen molar-refractivity contribution < 1.29 is 0 Å². The first-order valence-electron chi connectivity index (χ1n) is 7.24. The Morgan fingerprint density at radius 2 is 2.11 bits per heavy atom. The summed E-state index contributed by atoms with van der Waals surface area (Å²) in [6, 6.07) is 8.82. The molecule has 0 saturated heterocycles. The van der Waals surface area contributed by atoms with E-state index < -0.39 is 0 Å². The van der Waals surface area contributed by atoms with Crippen LogP contribution in [-0.4, -0.2) is 16.3 Å². The summed E-state index contributed by atoms with van der Waals surface area (Å²) >= 11 is 0. The maximum Gasteiger partial charge on any atom is 0.0766 e. The second-order valence-electron chi connectivity index (χ2n) is 5.23. The van der Waals surface area contributed by atoms with E-state index in [0.29, 0.717) is 0 Å². The Labute approximate surface area is 114 Å². The first-order valence-corrected chi connectivity index (χ1v) is 7.24. The number of nitrogens with zero attached hydrogens (tertiary/aromatic N) is 2. The summed E-state index contributed by atoms with van der Waals surface area (Å²) in [4.78, 5) is 0. The van der Waals surface area contributed by atoms with Gasteiger partial charge in [-0.05, 0) is 61.6 Å². The van der Waals surface area contributed by atoms with E-state index in [4.69, 9.17) is 0 Å². The van der Waals surface area contributed by atoms with Gasteiger partial charge in [0.2, 0.25) is 0 Å². The topological polar surface area (TPSA) is 29.9 Å². The first kappa shape index (κ1) is 12.4. The molecule has 0 spiro atoms. The van der Waals surface area contributed by atoms with Gasteiger partial charge in [0, 0.05) is 12.7 Å². The van der Waals surface area contributed by atoms with Gasteiger partial charge in [-0.2, -0.15) is 5.10 Å². The van der Waals surface area contributed by atoms with E-state index in [1.807, 2.05) is 4.68 Å². The number of benzene rings is 1. The Balaban J connectivity index is 1.75. The molecular formula is C16H21N3. The van der Waals surface area contributed by atoms with E-state index in [-0.39, 0.29) is 0 Å². The number of aryl methyl sites for hydroxylation is 2. The average molecular weight is 255 g/mol. The zero-order valence-corrected chi connectivity index (χ0v) is 11.5. The zero-order valence-electron chi connectivity index (χ0n) is 11.5. The molecule has 3 heteroatoms. The number of fused-ring (bicyclic) bond motifs is 1. The fourth-order valence-electron chi connectivity index (χ4n) is 2.69. The number of hydrogen-bond donors (Lipinski definition) is 1. The Kier molecular flexibility index (Phi) is 3.65. The Bertz CT molecular complexity index is 557. The molecule has 19 heavy (non-hydrogen) atoms. The molecule has 100 valence electrons. The molecule has 2 aromatic rings. The van der Waals surface area contributed by atoms with Crippen LogP contribution in [0.15, 0.2) is 30.5 Å². The van der Waals surface area contributed by atoms with Crippen molar-refractivity contribution in [3.8, 4) is 5.69 Å². The summed E-state index contributed by atoms with van der Waals surface area (Å²) < 4.78 is 1.99. The quantitative estimate of drug-likeness (QED) is 0.833. The van der Waals surface area contributed by atoms with Crippen LogP contribution in [0.5, 0.6) is 0 Å². The highest BCUT2D eigenvalue weighted by atomic mass is 15.3. The van der Waals surface area contributed by atoms with E-state index in [9.17, 15) is 0 Å². The molecule has 1 aromatic heterocycles. The Hall–Kier alpha value is -1.61. The maximum atomic E-state index is 4.63. The minimum absolute atomic E-state index is 0.853. The summed E-state index contributed by atoms with van der Waals surface area (Å²) in [5.74, 6) is 0. The standard InChI is InChI=1S/C16H21N3/c1-2-9-17-12-15-8-10-19(18-15)16-7-6-13-4-3-5-14(13)11-16/h6-8,10-11,17H,2-5,9,12H2,1H3. The van der Waals surface area contributed by atoms with Gasteiger partial charge in [-0.15, -0.1) is 0 Å². The van der Waals surface area contributed by atoms with E-state index >= 15 is 0 Å². The largest absolute Gasteiger partial charge is 0.311 e. The van der Waals surface area contributed by atoms with Gasteiger partial charge < -0.3 is 5.32 Å². The molecule has 1 aliphatic rings. The van der Waals surface area contributed by atoms with Crippen LogP contribution in [0.3, 0.4) is 0 Å². The Morgan fingerprint density at radius 1 is 1.21 bits per heavy atom. The van der Waals surface area contributed by atoms with Crippen LogP contribution >= 0.6 is 0 Å². The second-order valence-corrected chi connectivity index (χ2v) is 5.23. The lowest BCUT2D eigenvalue weighted by molar-refractivity contribution is 0.656. The zero-order chi connectivity index (χ0) is 13.1. The molecule has 0 aliphatic heterocycles. The van der Waals surface area contributed by atoms with Crippen LogP contribution in [-0.2, 0) is 19.4 Å². The molecule has 0 fully saturated rings. The summed E-state index contributed by atoms with van der Waals surface area (Å²) in [6.45, 7) is 4.08. The lowest BCUT2D eigenvalue weighted by atomic mass is 10.1. The van der Waals surface area contributed by atoms with Crippen molar-refractivity contribution in [2.75, 3.05) is 6.54 Å². The molecule has 0 bridgehead atoms. The van der Waals surface area contributed by atoms with Gasteiger partial charge in [0.1, 0.15) is 0 Å². The number of hydrogen-bond acceptors (Lipinski definition) is 2. The van der Waals surface area contributed by atoms with Gasteiger partial charge in [0.25, 0.3) is 0 Å². The van der Waals surface area contributed by atoms with E-state index in [1.54, 1.807) is 0 Å². The summed E-state index contributed by atoms with van der Waals surface area (Å²) in [7, 11) is 0. The van der Waals surface area contributed by atoms with E-state index in [0.717, 1.165) is 25.2 Å². The van der Waals surface area contributed by atoms with Gasteiger partial charge in [-0.25, -0.2) is 4.68 Å². The van der Waals surface area contributed by atoms with Gasteiger partial charge in [0.15, 0.2) is 0 Å². The van der Waals surface area contributed by atoms with Crippen molar-refractivity contribution in [2.45, 2.75) is 39.2 Å². The third kappa shape index (κ3) is 2.71. The molecule has 0 unspecified atom stereocenters. The Morgan fingerprint density at radius 3 is 3.00 bits per heavy atom. The van der Waals surface area contributed by atoms with E-state index in [2.05, 4.69) is 47.8 Å². The van der Waals surface area contributed by atoms with Crippen LogP contribution < -0.4 is 5.32 Å². The van der Waals surface area contributed by atoms with Crippen LogP contribution in [0.25, 0.3) is 5.69 Å². The lowest BCUT2D eigenvalue weighted by Gasteiger charge is -2.05. The van der Waals surface area contributed by atoms with Gasteiger partial charge >= 0.3 is 0 Å². The predicted molar refractivity (Wildman–Crippen MR) is 77.6 cm³/mol. The van der Waals surface area contributed by atoms with Gasteiger partial charge in [-0.3, -0.25) is 0 Å². The van der Waals surface area contributed by atoms with Crippen molar-refractivity contribution >= 4 is 0 Å². The number of aromatic nitrogens is 2. The maximum absolute atomic E-state index is 4.63. The van der Waals surface area contributed by atoms with Crippen LogP contribution in [0.4, 0.5) is 0 Å². The smallest absolute Gasteiger partial charge is 0.0766 e. The molecule has 3 nitrogen and oxygen atoms in total. The summed E-state index contributed by atoms with van der Waals surface area (Å²) in [5, 5.41) is 8.01. The summed E-state index contributed by atoms with van der Waals surface area (Å²) in [6.07, 6.45) is 6.96. The number of rotatable bonds is 5. The molecule has 0 radical (unpaired) electrons. The predicted octanol–water partition coefficient (Wildman–Crippen LogP) is 2.86. The molecule has 3 rings (SSSR count). The first-order chi connectivity index (χ1) is 9.36. The van der Waals surface area contributed by atoms with Crippen LogP contribution in [0.1, 0.15) is 36.6 Å². The third-order valence-corrected chi connectivity index (χ3v) is 3.72. The number of nitrogens with one attached hydrogen (secondary N) is 1. The minimum atomic E-state index is 0.853. The molecule has 1 aliphatic carbocycles. The molecule has 1 heterocycles. The van der Waals surface area contributed by atoms with Crippen LogP contribution in [0, 0.1) is 0 Å². The highest BCUT2D eigenvalue weighted by Crippen LogP contribution is 2.24. The van der Waals surface area contributed by atoms with Gasteiger partial charge in [-0.1, -0.05) is 13.0 Å². The van der Waals surface area contributed by atoms with Crippen molar-refractivity contribution in [3.05, 3.63) is 47.3 Å². The highest BCUT2D eigenvalue weighted by Gasteiger charge is 2.11. The summed E-state index contributed by atoms with van der Waals surface area (Å²) in [5.41, 5.74) is 5.30. The van der Waals surface area contributed by atoms with Crippen molar-refractivity contribution in [2.24, 2.45) is 0 Å². The van der Waals surface area contributed by atoms with E-state index in [1.165, 1.54) is 36.1 Å². The highest BCUT2D eigenvalue weighted by molar-refractivity contribution is 5.42. The molecule has 1 aromatic carbocycles. The van der Waals surface area contributed by atoms with Gasteiger partial charge in [0.05, 0.1) is 11.4 Å². The molecule has 0 atom stereocenters. The van der Waals surface area contributed by atoms with Crippen molar-refractivity contribution in [3.63, 3.8) is 0 Å². The molecular weight excluding hydrogens is 234 g/mol. The lowest BCUT2D eigenvalue weighted by Crippen LogP contribution is -2.14. The van der Waals surface area contributed by atoms with Crippen molar-refractivity contribution in [1.29, 1.82) is 0 Å². The average Bonchev–Trinajstić information content (AvgIpc) is 3.06. The molecule has 1 N–H and O–H groups in total. The minimum Gasteiger partial charge on any atom is -0.311 e. The molecule has 0 saturated carbocycles. The monoisotopic (exact) mass is 255 g/mol. The fraction of sp³-hybridized carbons (Fsp3) is 0.438. The molecule has 0 amide bonds.